The van der Waals surface area contributed by atoms with E-state index in [9.17, 15) is 19.7 Å². The Kier molecular flexibility index (Phi) is 6.37. The molecule has 3 aromatic rings. The topological polar surface area (TPSA) is 117 Å². The van der Waals surface area contributed by atoms with E-state index in [2.05, 4.69) is 4.99 Å². The highest BCUT2D eigenvalue weighted by Gasteiger charge is 2.26. The Bertz CT molecular complexity index is 1370. The molecule has 0 unspecified atom stereocenters. The van der Waals surface area contributed by atoms with E-state index < -0.39 is 16.9 Å². The van der Waals surface area contributed by atoms with Crippen molar-refractivity contribution in [3.05, 3.63) is 104 Å². The molecule has 1 aliphatic heterocycles. The molecule has 0 bridgehead atoms. The minimum absolute atomic E-state index is 0.0244. The lowest BCUT2D eigenvalue weighted by molar-refractivity contribution is -0.384. The number of rotatable bonds is 6. The molecule has 0 atom stereocenters. The van der Waals surface area contributed by atoms with Gasteiger partial charge >= 0.3 is 11.9 Å². The van der Waals surface area contributed by atoms with Crippen LogP contribution in [0.5, 0.6) is 11.5 Å². The van der Waals surface area contributed by atoms with Crippen molar-refractivity contribution in [1.29, 1.82) is 0 Å². The number of halogens is 1. The van der Waals surface area contributed by atoms with Gasteiger partial charge in [0.25, 0.3) is 5.69 Å². The second-order valence-electron chi connectivity index (χ2n) is 6.93. The first-order valence-electron chi connectivity index (χ1n) is 9.78. The minimum atomic E-state index is -0.730. The largest absolute Gasteiger partial charge is 0.493 e. The van der Waals surface area contributed by atoms with Gasteiger partial charge in [-0.25, -0.2) is 14.6 Å². The van der Waals surface area contributed by atoms with Gasteiger partial charge in [-0.15, -0.1) is 0 Å². The van der Waals surface area contributed by atoms with Crippen LogP contribution in [0, 0.1) is 10.1 Å². The predicted octanol–water partition coefficient (Wildman–Crippen LogP) is 4.82. The van der Waals surface area contributed by atoms with E-state index >= 15 is 0 Å². The number of nitro groups is 1. The molecule has 0 radical (unpaired) electrons. The van der Waals surface area contributed by atoms with E-state index in [0.717, 1.165) is 0 Å². The highest BCUT2D eigenvalue weighted by molar-refractivity contribution is 6.32. The predicted molar refractivity (Wildman–Crippen MR) is 123 cm³/mol. The molecule has 0 aromatic heterocycles. The molecule has 170 valence electrons. The van der Waals surface area contributed by atoms with Crippen molar-refractivity contribution in [3.63, 3.8) is 0 Å². The molecule has 34 heavy (non-hydrogen) atoms. The number of nitro benzene ring substituents is 1. The fourth-order valence-electron chi connectivity index (χ4n) is 3.07. The summed E-state index contributed by atoms with van der Waals surface area (Å²) in [5.74, 6) is -0.897. The molecule has 0 saturated carbocycles. The highest BCUT2D eigenvalue weighted by Crippen LogP contribution is 2.31. The molecule has 0 amide bonds. The van der Waals surface area contributed by atoms with Crippen LogP contribution in [0.15, 0.2) is 77.4 Å². The summed E-state index contributed by atoms with van der Waals surface area (Å²) in [6.07, 6.45) is 1.45. The van der Waals surface area contributed by atoms with Gasteiger partial charge in [0, 0.05) is 11.6 Å². The van der Waals surface area contributed by atoms with Crippen LogP contribution in [0.1, 0.15) is 21.5 Å². The van der Waals surface area contributed by atoms with Crippen LogP contribution in [-0.2, 0) is 9.53 Å². The third-order valence-corrected chi connectivity index (χ3v) is 5.03. The second-order valence-corrected chi connectivity index (χ2v) is 7.33. The maximum atomic E-state index is 12.3. The van der Waals surface area contributed by atoms with Crippen LogP contribution in [0.2, 0.25) is 5.02 Å². The van der Waals surface area contributed by atoms with Crippen LogP contribution in [0.25, 0.3) is 6.08 Å². The van der Waals surface area contributed by atoms with Crippen molar-refractivity contribution >= 4 is 41.2 Å². The maximum Gasteiger partial charge on any atom is 0.363 e. The van der Waals surface area contributed by atoms with Crippen LogP contribution in [0.4, 0.5) is 5.69 Å². The molecule has 0 saturated heterocycles. The number of esters is 2. The summed E-state index contributed by atoms with van der Waals surface area (Å²) in [5.41, 5.74) is 0.780. The first kappa shape index (κ1) is 22.7. The average Bonchev–Trinajstić information content (AvgIpc) is 3.20. The van der Waals surface area contributed by atoms with Crippen LogP contribution in [0.3, 0.4) is 0 Å². The zero-order valence-electron chi connectivity index (χ0n) is 17.6. The first-order valence-corrected chi connectivity index (χ1v) is 10.2. The van der Waals surface area contributed by atoms with Crippen molar-refractivity contribution < 1.29 is 28.7 Å². The number of ether oxygens (including phenoxy) is 3. The van der Waals surface area contributed by atoms with E-state index in [1.54, 1.807) is 42.5 Å². The van der Waals surface area contributed by atoms with Crippen molar-refractivity contribution in [2.24, 2.45) is 4.99 Å². The van der Waals surface area contributed by atoms with Gasteiger partial charge in [-0.2, -0.15) is 0 Å². The summed E-state index contributed by atoms with van der Waals surface area (Å²) in [6, 6.07) is 17.2. The quantitative estimate of drug-likeness (QED) is 0.164. The number of hydrogen-bond acceptors (Lipinski definition) is 8. The van der Waals surface area contributed by atoms with Gasteiger partial charge < -0.3 is 14.2 Å². The molecule has 3 aromatic carbocycles. The smallest absolute Gasteiger partial charge is 0.363 e. The fraction of sp³-hybridized carbons (Fsp3) is 0.0417. The molecule has 4 rings (SSSR count). The van der Waals surface area contributed by atoms with E-state index in [4.69, 9.17) is 25.8 Å². The molecular weight excluding hydrogens is 464 g/mol. The third-order valence-electron chi connectivity index (χ3n) is 4.71. The Labute approximate surface area is 198 Å². The van der Waals surface area contributed by atoms with E-state index in [1.807, 2.05) is 0 Å². The first-order chi connectivity index (χ1) is 16.4. The highest BCUT2D eigenvalue weighted by atomic mass is 35.5. The number of cyclic esters (lactones) is 1. The zero-order valence-corrected chi connectivity index (χ0v) is 18.3. The average molecular weight is 479 g/mol. The van der Waals surface area contributed by atoms with E-state index in [1.165, 1.54) is 37.5 Å². The molecule has 0 spiro atoms. The molecule has 0 fully saturated rings. The van der Waals surface area contributed by atoms with Crippen molar-refractivity contribution in [2.75, 3.05) is 7.11 Å². The van der Waals surface area contributed by atoms with Gasteiger partial charge in [-0.05, 0) is 48.0 Å². The summed E-state index contributed by atoms with van der Waals surface area (Å²) >= 11 is 5.83. The van der Waals surface area contributed by atoms with Gasteiger partial charge in [0.1, 0.15) is 5.02 Å². The summed E-state index contributed by atoms with van der Waals surface area (Å²) in [4.78, 5) is 39.3. The summed E-state index contributed by atoms with van der Waals surface area (Å²) in [6.45, 7) is 0. The Morgan fingerprint density at radius 3 is 2.56 bits per heavy atom. The lowest BCUT2D eigenvalue weighted by Crippen LogP contribution is -2.09. The number of methoxy groups -OCH3 is 1. The van der Waals surface area contributed by atoms with Gasteiger partial charge in [-0.1, -0.05) is 35.9 Å². The van der Waals surface area contributed by atoms with Crippen molar-refractivity contribution in [2.45, 2.75) is 0 Å². The fourth-order valence-corrected chi connectivity index (χ4v) is 3.25. The summed E-state index contributed by atoms with van der Waals surface area (Å²) in [5, 5.41) is 11.1. The van der Waals surface area contributed by atoms with Gasteiger partial charge in [0.2, 0.25) is 5.90 Å². The van der Waals surface area contributed by atoms with E-state index in [0.29, 0.717) is 11.1 Å². The standard InChI is InChI=1S/C24H15ClN2O7/c1-32-21-12-14(7-10-20(21)33-23(28)15-5-3-2-4-6-15)11-18-24(29)34-22(26-18)16-8-9-17(25)19(13-16)27(30)31/h2-13H,1H3/b18-11-. The zero-order chi connectivity index (χ0) is 24.2. The molecule has 0 N–H and O–H groups in total. The Balaban J connectivity index is 1.59. The summed E-state index contributed by atoms with van der Waals surface area (Å²) in [7, 11) is 1.42. The number of benzene rings is 3. The lowest BCUT2D eigenvalue weighted by Gasteiger charge is -2.10. The molecule has 0 aliphatic carbocycles. The second kappa shape index (κ2) is 9.55. The Hall–Kier alpha value is -4.50. The molecule has 1 heterocycles. The molecule has 1 aliphatic rings. The minimum Gasteiger partial charge on any atom is -0.493 e. The van der Waals surface area contributed by atoms with E-state index in [-0.39, 0.29) is 39.4 Å². The Morgan fingerprint density at radius 1 is 1.09 bits per heavy atom. The van der Waals surface area contributed by atoms with Crippen LogP contribution in [-0.4, -0.2) is 29.9 Å². The normalized spacial score (nSPS) is 13.9. The van der Waals surface area contributed by atoms with Crippen molar-refractivity contribution in [3.8, 4) is 11.5 Å². The molecule has 9 nitrogen and oxygen atoms in total. The van der Waals surface area contributed by atoms with Gasteiger partial charge in [-0.3, -0.25) is 10.1 Å². The van der Waals surface area contributed by atoms with Crippen LogP contribution >= 0.6 is 11.6 Å². The summed E-state index contributed by atoms with van der Waals surface area (Å²) < 4.78 is 15.9. The molecule has 10 heteroatoms. The SMILES string of the molecule is COc1cc(/C=C2\N=C(c3ccc(Cl)c([N+](=O)[O-])c3)OC2=O)ccc1OC(=O)c1ccccc1. The lowest BCUT2D eigenvalue weighted by atomic mass is 10.1. The number of carbonyl (C=O) groups is 2. The maximum absolute atomic E-state index is 12.3. The Morgan fingerprint density at radius 2 is 1.85 bits per heavy atom. The van der Waals surface area contributed by atoms with Gasteiger partial charge in [0.05, 0.1) is 17.6 Å². The van der Waals surface area contributed by atoms with Crippen molar-refractivity contribution in [1.82, 2.24) is 0 Å². The number of hydrogen-bond donors (Lipinski definition) is 0. The number of aliphatic imine (C=N–C) groups is 1. The van der Waals surface area contributed by atoms with Gasteiger partial charge in [0.15, 0.2) is 17.2 Å². The number of nitrogens with zero attached hydrogens (tertiary/aromatic N) is 2. The molecular formula is C24H15ClN2O7. The third kappa shape index (κ3) is 4.79. The number of carbonyl (C=O) groups excluding carboxylic acids is 2. The van der Waals surface area contributed by atoms with Crippen LogP contribution < -0.4 is 9.47 Å². The monoisotopic (exact) mass is 478 g/mol.